The number of nitrogens with zero attached hydrogens (tertiary/aromatic N) is 3. The molecule has 1 atom stereocenters. The van der Waals surface area contributed by atoms with Crippen molar-refractivity contribution in [2.45, 2.75) is 51.5 Å². The van der Waals surface area contributed by atoms with Crippen LogP contribution in [0.3, 0.4) is 0 Å². The lowest BCUT2D eigenvalue weighted by molar-refractivity contribution is 0.396. The van der Waals surface area contributed by atoms with Gasteiger partial charge >= 0.3 is 0 Å². The van der Waals surface area contributed by atoms with Crippen molar-refractivity contribution in [2.75, 3.05) is 24.5 Å². The van der Waals surface area contributed by atoms with E-state index in [-0.39, 0.29) is 0 Å². The van der Waals surface area contributed by atoms with Crippen molar-refractivity contribution < 1.29 is 0 Å². The minimum Gasteiger partial charge on any atom is -0.356 e. The Bertz CT molecular complexity index is 707. The summed E-state index contributed by atoms with van der Waals surface area (Å²) in [6.07, 6.45) is 7.08. The molecule has 0 spiro atoms. The van der Waals surface area contributed by atoms with Crippen molar-refractivity contribution in [1.82, 2.24) is 15.3 Å². The minimum absolute atomic E-state index is 0.329. The molecule has 0 amide bonds. The number of hydrogen-bond acceptors (Lipinski definition) is 4. The van der Waals surface area contributed by atoms with Crippen LogP contribution in [-0.2, 0) is 12.8 Å². The standard InChI is InChI=1S/C21H28N4/c1-16-18-10-7-14-25(15-12-17-8-3-2-4-9-17)21(18)24-20(23-16)19-11-5-6-13-22-19/h2-4,8-9,19,22H,5-7,10-15H2,1H3. The number of aryl methyl sites for hydroxylation is 1. The number of anilines is 1. The molecule has 1 saturated heterocycles. The molecule has 4 nitrogen and oxygen atoms in total. The van der Waals surface area contributed by atoms with Crippen LogP contribution in [0.4, 0.5) is 5.82 Å². The molecule has 3 heterocycles. The van der Waals surface area contributed by atoms with Crippen molar-refractivity contribution in [3.05, 3.63) is 53.0 Å². The molecule has 2 aliphatic rings. The van der Waals surface area contributed by atoms with Gasteiger partial charge in [0.05, 0.1) is 6.04 Å². The maximum atomic E-state index is 5.04. The Hall–Kier alpha value is -1.94. The van der Waals surface area contributed by atoms with E-state index in [1.807, 2.05) is 0 Å². The summed E-state index contributed by atoms with van der Waals surface area (Å²) in [4.78, 5) is 12.4. The van der Waals surface area contributed by atoms with Gasteiger partial charge in [-0.1, -0.05) is 36.8 Å². The van der Waals surface area contributed by atoms with Gasteiger partial charge in [0.1, 0.15) is 11.6 Å². The molecule has 1 fully saturated rings. The van der Waals surface area contributed by atoms with Crippen LogP contribution in [0.15, 0.2) is 30.3 Å². The van der Waals surface area contributed by atoms with Crippen LogP contribution in [-0.4, -0.2) is 29.6 Å². The topological polar surface area (TPSA) is 41.1 Å². The zero-order valence-corrected chi connectivity index (χ0v) is 15.2. The monoisotopic (exact) mass is 336 g/mol. The van der Waals surface area contributed by atoms with Crippen molar-refractivity contribution in [3.8, 4) is 0 Å². The van der Waals surface area contributed by atoms with Crippen LogP contribution in [0.2, 0.25) is 0 Å². The number of hydrogen-bond donors (Lipinski definition) is 1. The van der Waals surface area contributed by atoms with E-state index < -0.39 is 0 Å². The first-order valence-corrected chi connectivity index (χ1v) is 9.71. The predicted molar refractivity (Wildman–Crippen MR) is 102 cm³/mol. The summed E-state index contributed by atoms with van der Waals surface area (Å²) < 4.78 is 0. The Kier molecular flexibility index (Phi) is 4.97. The van der Waals surface area contributed by atoms with Crippen LogP contribution >= 0.6 is 0 Å². The highest BCUT2D eigenvalue weighted by Gasteiger charge is 2.25. The molecule has 132 valence electrons. The van der Waals surface area contributed by atoms with Crippen molar-refractivity contribution in [2.24, 2.45) is 0 Å². The molecule has 1 aromatic carbocycles. The summed E-state index contributed by atoms with van der Waals surface area (Å²) in [5, 5.41) is 3.60. The van der Waals surface area contributed by atoms with Gasteiger partial charge in [-0.05, 0) is 51.1 Å². The largest absolute Gasteiger partial charge is 0.356 e. The van der Waals surface area contributed by atoms with Crippen molar-refractivity contribution in [1.29, 1.82) is 0 Å². The van der Waals surface area contributed by atoms with E-state index in [1.165, 1.54) is 41.9 Å². The Morgan fingerprint density at radius 2 is 2.00 bits per heavy atom. The number of aromatic nitrogens is 2. The van der Waals surface area contributed by atoms with E-state index in [1.54, 1.807) is 0 Å². The number of benzene rings is 1. The molecule has 1 aromatic heterocycles. The minimum atomic E-state index is 0.329. The highest BCUT2D eigenvalue weighted by atomic mass is 15.2. The van der Waals surface area contributed by atoms with Crippen LogP contribution in [0.25, 0.3) is 0 Å². The lowest BCUT2D eigenvalue weighted by atomic mass is 10.0. The lowest BCUT2D eigenvalue weighted by Gasteiger charge is -2.32. The second-order valence-corrected chi connectivity index (χ2v) is 7.30. The van der Waals surface area contributed by atoms with E-state index >= 15 is 0 Å². The van der Waals surface area contributed by atoms with Gasteiger partial charge in [0.25, 0.3) is 0 Å². The summed E-state index contributed by atoms with van der Waals surface area (Å²) in [7, 11) is 0. The molecule has 4 heteroatoms. The Morgan fingerprint density at radius 1 is 1.12 bits per heavy atom. The predicted octanol–water partition coefficient (Wildman–Crippen LogP) is 3.59. The smallest absolute Gasteiger partial charge is 0.147 e. The fourth-order valence-electron chi connectivity index (χ4n) is 4.06. The fraction of sp³-hybridized carbons (Fsp3) is 0.524. The number of fused-ring (bicyclic) bond motifs is 1. The maximum absolute atomic E-state index is 5.04. The van der Waals surface area contributed by atoms with Crippen LogP contribution in [0.5, 0.6) is 0 Å². The van der Waals surface area contributed by atoms with Gasteiger partial charge in [0.15, 0.2) is 0 Å². The highest BCUT2D eigenvalue weighted by Crippen LogP contribution is 2.30. The average molecular weight is 336 g/mol. The Labute approximate surface area is 150 Å². The van der Waals surface area contributed by atoms with E-state index in [0.29, 0.717) is 6.04 Å². The van der Waals surface area contributed by atoms with Gasteiger partial charge in [-0.15, -0.1) is 0 Å². The zero-order valence-electron chi connectivity index (χ0n) is 15.2. The van der Waals surface area contributed by atoms with E-state index in [9.17, 15) is 0 Å². The number of rotatable bonds is 4. The summed E-state index contributed by atoms with van der Waals surface area (Å²) in [5.74, 6) is 2.19. The van der Waals surface area contributed by atoms with Gasteiger partial charge in [-0.25, -0.2) is 9.97 Å². The summed E-state index contributed by atoms with van der Waals surface area (Å²) in [5.41, 5.74) is 3.94. The molecule has 25 heavy (non-hydrogen) atoms. The molecule has 0 radical (unpaired) electrons. The van der Waals surface area contributed by atoms with Gasteiger partial charge < -0.3 is 10.2 Å². The molecule has 0 saturated carbocycles. The molecule has 0 aliphatic carbocycles. The molecule has 2 aromatic rings. The maximum Gasteiger partial charge on any atom is 0.147 e. The average Bonchev–Trinajstić information content (AvgIpc) is 2.68. The molecule has 0 bridgehead atoms. The number of nitrogens with one attached hydrogen (secondary N) is 1. The quantitative estimate of drug-likeness (QED) is 0.926. The summed E-state index contributed by atoms with van der Waals surface area (Å²) >= 11 is 0. The first kappa shape index (κ1) is 16.5. The van der Waals surface area contributed by atoms with Gasteiger partial charge in [-0.2, -0.15) is 0 Å². The van der Waals surface area contributed by atoms with Crippen LogP contribution in [0.1, 0.15) is 54.4 Å². The molecular weight excluding hydrogens is 308 g/mol. The zero-order chi connectivity index (χ0) is 17.1. The van der Waals surface area contributed by atoms with Crippen molar-refractivity contribution >= 4 is 5.82 Å². The fourth-order valence-corrected chi connectivity index (χ4v) is 4.06. The Balaban J connectivity index is 1.57. The molecular formula is C21H28N4. The molecule has 1 unspecified atom stereocenters. The molecule has 4 rings (SSSR count). The third-order valence-electron chi connectivity index (χ3n) is 5.50. The third-order valence-corrected chi connectivity index (χ3v) is 5.50. The highest BCUT2D eigenvalue weighted by molar-refractivity contribution is 5.51. The van der Waals surface area contributed by atoms with Gasteiger partial charge in [0, 0.05) is 24.3 Å². The number of piperidine rings is 1. The third kappa shape index (κ3) is 3.69. The first-order valence-electron chi connectivity index (χ1n) is 9.71. The van der Waals surface area contributed by atoms with E-state index in [4.69, 9.17) is 9.97 Å². The second-order valence-electron chi connectivity index (χ2n) is 7.30. The second kappa shape index (κ2) is 7.52. The van der Waals surface area contributed by atoms with E-state index in [2.05, 4.69) is 47.5 Å². The van der Waals surface area contributed by atoms with Crippen LogP contribution < -0.4 is 10.2 Å². The van der Waals surface area contributed by atoms with E-state index in [0.717, 1.165) is 44.7 Å². The molecule has 2 aliphatic heterocycles. The van der Waals surface area contributed by atoms with Crippen LogP contribution in [0, 0.1) is 6.92 Å². The van der Waals surface area contributed by atoms with Gasteiger partial charge in [0.2, 0.25) is 0 Å². The summed E-state index contributed by atoms with van der Waals surface area (Å²) in [6, 6.07) is 11.1. The van der Waals surface area contributed by atoms with Crippen molar-refractivity contribution in [3.63, 3.8) is 0 Å². The normalized spacial score (nSPS) is 20.4. The lowest BCUT2D eigenvalue weighted by Crippen LogP contribution is -2.35. The first-order chi connectivity index (χ1) is 12.3. The SMILES string of the molecule is Cc1nc(C2CCCCN2)nc2c1CCCN2CCc1ccccc1. The summed E-state index contributed by atoms with van der Waals surface area (Å²) in [6.45, 7) is 5.38. The molecule has 1 N–H and O–H groups in total. The Morgan fingerprint density at radius 3 is 2.80 bits per heavy atom. The van der Waals surface area contributed by atoms with Gasteiger partial charge in [-0.3, -0.25) is 0 Å².